The Labute approximate surface area is 94.2 Å². The molecule has 0 aromatic carbocycles. The van der Waals surface area contributed by atoms with Gasteiger partial charge in [0.05, 0.1) is 0 Å². The Kier molecular flexibility index (Phi) is 4.94. The average molecular weight is 210 g/mol. The van der Waals surface area contributed by atoms with E-state index in [1.165, 1.54) is 70.9 Å². The van der Waals surface area contributed by atoms with Crippen LogP contribution < -0.4 is 10.6 Å². The van der Waals surface area contributed by atoms with E-state index in [0.717, 1.165) is 12.1 Å². The quantitative estimate of drug-likeness (QED) is 0.745. The van der Waals surface area contributed by atoms with Crippen LogP contribution in [0.5, 0.6) is 0 Å². The van der Waals surface area contributed by atoms with Crippen LogP contribution in [-0.2, 0) is 0 Å². The lowest BCUT2D eigenvalue weighted by molar-refractivity contribution is 0.338. The monoisotopic (exact) mass is 210 g/mol. The smallest absolute Gasteiger partial charge is 0.00791 e. The molecule has 2 aliphatic rings. The van der Waals surface area contributed by atoms with Gasteiger partial charge in [0.25, 0.3) is 0 Å². The van der Waals surface area contributed by atoms with Crippen molar-refractivity contribution in [3.8, 4) is 0 Å². The average Bonchev–Trinajstić information content (AvgIpc) is 2.32. The molecule has 1 heterocycles. The van der Waals surface area contributed by atoms with Gasteiger partial charge in [-0.25, -0.2) is 0 Å². The Morgan fingerprint density at radius 3 is 2.47 bits per heavy atom. The van der Waals surface area contributed by atoms with Crippen molar-refractivity contribution in [1.82, 2.24) is 10.6 Å². The summed E-state index contributed by atoms with van der Waals surface area (Å²) >= 11 is 0. The Morgan fingerprint density at radius 1 is 0.933 bits per heavy atom. The molecule has 0 aromatic heterocycles. The van der Waals surface area contributed by atoms with Gasteiger partial charge in [0.1, 0.15) is 0 Å². The van der Waals surface area contributed by atoms with Crippen LogP contribution in [0.3, 0.4) is 0 Å². The van der Waals surface area contributed by atoms with E-state index < -0.39 is 0 Å². The number of piperidine rings is 1. The van der Waals surface area contributed by atoms with E-state index in [0.29, 0.717) is 0 Å². The van der Waals surface area contributed by atoms with Crippen LogP contribution in [0.2, 0.25) is 0 Å². The van der Waals surface area contributed by atoms with Crippen molar-refractivity contribution in [1.29, 1.82) is 0 Å². The molecule has 2 N–H and O–H groups in total. The van der Waals surface area contributed by atoms with E-state index in [-0.39, 0.29) is 0 Å². The predicted octanol–water partition coefficient (Wildman–Crippen LogP) is 2.44. The first kappa shape index (κ1) is 11.4. The van der Waals surface area contributed by atoms with Gasteiger partial charge < -0.3 is 10.6 Å². The highest BCUT2D eigenvalue weighted by Gasteiger charge is 2.15. The van der Waals surface area contributed by atoms with Gasteiger partial charge in [0, 0.05) is 12.1 Å². The predicted molar refractivity (Wildman–Crippen MR) is 65.1 cm³/mol. The summed E-state index contributed by atoms with van der Waals surface area (Å²) in [6.45, 7) is 2.47. The zero-order valence-electron chi connectivity index (χ0n) is 9.93. The number of nitrogens with one attached hydrogen (secondary N) is 2. The molecule has 2 rings (SSSR count). The minimum atomic E-state index is 0.801. The fourth-order valence-corrected chi connectivity index (χ4v) is 2.94. The van der Waals surface area contributed by atoms with Crippen LogP contribution in [-0.4, -0.2) is 25.2 Å². The maximum atomic E-state index is 3.73. The van der Waals surface area contributed by atoms with Gasteiger partial charge in [-0.3, -0.25) is 0 Å². The van der Waals surface area contributed by atoms with Crippen molar-refractivity contribution < 1.29 is 0 Å². The molecular weight excluding hydrogens is 184 g/mol. The first-order valence-corrected chi connectivity index (χ1v) is 6.92. The molecule has 1 saturated heterocycles. The fourth-order valence-electron chi connectivity index (χ4n) is 2.94. The first-order chi connectivity index (χ1) is 7.45. The van der Waals surface area contributed by atoms with Crippen molar-refractivity contribution in [3.05, 3.63) is 0 Å². The highest BCUT2D eigenvalue weighted by atomic mass is 14.9. The van der Waals surface area contributed by atoms with E-state index in [2.05, 4.69) is 10.6 Å². The summed E-state index contributed by atoms with van der Waals surface area (Å²) in [5, 5.41) is 7.35. The summed E-state index contributed by atoms with van der Waals surface area (Å²) in [5.74, 6) is 0. The van der Waals surface area contributed by atoms with Crippen molar-refractivity contribution in [2.24, 2.45) is 0 Å². The van der Waals surface area contributed by atoms with Crippen LogP contribution in [0.1, 0.15) is 57.8 Å². The van der Waals surface area contributed by atoms with Crippen molar-refractivity contribution in [3.63, 3.8) is 0 Å². The largest absolute Gasteiger partial charge is 0.314 e. The first-order valence-electron chi connectivity index (χ1n) is 6.92. The van der Waals surface area contributed by atoms with E-state index in [1.54, 1.807) is 0 Å². The molecule has 1 saturated carbocycles. The highest BCUT2D eigenvalue weighted by molar-refractivity contribution is 4.76. The van der Waals surface area contributed by atoms with Crippen LogP contribution in [0.4, 0.5) is 0 Å². The molecule has 0 bridgehead atoms. The lowest BCUT2D eigenvalue weighted by Gasteiger charge is -2.26. The topological polar surface area (TPSA) is 24.1 Å². The maximum absolute atomic E-state index is 3.73. The second kappa shape index (κ2) is 6.49. The third-order valence-corrected chi connectivity index (χ3v) is 3.94. The molecule has 0 spiro atoms. The minimum Gasteiger partial charge on any atom is -0.314 e. The van der Waals surface area contributed by atoms with Crippen molar-refractivity contribution in [2.75, 3.05) is 13.1 Å². The molecule has 15 heavy (non-hydrogen) atoms. The van der Waals surface area contributed by atoms with Gasteiger partial charge >= 0.3 is 0 Å². The van der Waals surface area contributed by atoms with Gasteiger partial charge in [-0.1, -0.05) is 25.7 Å². The van der Waals surface area contributed by atoms with Crippen LogP contribution in [0.15, 0.2) is 0 Å². The molecule has 1 atom stereocenters. The normalized spacial score (nSPS) is 29.2. The molecule has 0 radical (unpaired) electrons. The van der Waals surface area contributed by atoms with E-state index in [1.807, 2.05) is 0 Å². The fraction of sp³-hybridized carbons (Fsp3) is 1.00. The third-order valence-electron chi connectivity index (χ3n) is 3.94. The van der Waals surface area contributed by atoms with Gasteiger partial charge in [0.15, 0.2) is 0 Å². The van der Waals surface area contributed by atoms with Gasteiger partial charge in [-0.05, 0) is 45.2 Å². The molecular formula is C13H26N2. The molecule has 2 heteroatoms. The summed E-state index contributed by atoms with van der Waals surface area (Å²) < 4.78 is 0. The molecule has 1 aliphatic carbocycles. The van der Waals surface area contributed by atoms with Gasteiger partial charge in [0.2, 0.25) is 0 Å². The summed E-state index contributed by atoms with van der Waals surface area (Å²) in [6, 6.07) is 1.64. The summed E-state index contributed by atoms with van der Waals surface area (Å²) in [6.07, 6.45) is 12.7. The standard InChI is InChI=1S/C13H26N2/c1-2-6-12(7-3-1)15-11-9-13-8-4-5-10-14-13/h12-15H,1-11H2. The number of hydrogen-bond acceptors (Lipinski definition) is 2. The zero-order valence-corrected chi connectivity index (χ0v) is 9.93. The maximum Gasteiger partial charge on any atom is 0.00791 e. The summed E-state index contributed by atoms with van der Waals surface area (Å²) in [4.78, 5) is 0. The molecule has 88 valence electrons. The summed E-state index contributed by atoms with van der Waals surface area (Å²) in [7, 11) is 0. The SMILES string of the molecule is C1CCC(NCCC2CCCCN2)CC1. The second-order valence-electron chi connectivity index (χ2n) is 5.22. The molecule has 2 nitrogen and oxygen atoms in total. The lowest BCUT2D eigenvalue weighted by atomic mass is 9.95. The number of hydrogen-bond donors (Lipinski definition) is 2. The highest BCUT2D eigenvalue weighted by Crippen LogP contribution is 2.17. The Balaban J connectivity index is 1.53. The van der Waals surface area contributed by atoms with E-state index in [4.69, 9.17) is 0 Å². The molecule has 0 amide bonds. The summed E-state index contributed by atoms with van der Waals surface area (Å²) in [5.41, 5.74) is 0. The number of rotatable bonds is 4. The van der Waals surface area contributed by atoms with Crippen LogP contribution >= 0.6 is 0 Å². The molecule has 2 fully saturated rings. The third kappa shape index (κ3) is 4.12. The van der Waals surface area contributed by atoms with Gasteiger partial charge in [-0.2, -0.15) is 0 Å². The van der Waals surface area contributed by atoms with Crippen molar-refractivity contribution >= 4 is 0 Å². The Bertz CT molecular complexity index is 140. The minimum absolute atomic E-state index is 0.801. The van der Waals surface area contributed by atoms with E-state index >= 15 is 0 Å². The van der Waals surface area contributed by atoms with Gasteiger partial charge in [-0.15, -0.1) is 0 Å². The lowest BCUT2D eigenvalue weighted by Crippen LogP contribution is -2.39. The molecule has 1 aliphatic heterocycles. The molecule has 1 unspecified atom stereocenters. The molecule has 0 aromatic rings. The van der Waals surface area contributed by atoms with E-state index in [9.17, 15) is 0 Å². The zero-order chi connectivity index (χ0) is 10.3. The Hall–Kier alpha value is -0.0800. The van der Waals surface area contributed by atoms with Crippen LogP contribution in [0.25, 0.3) is 0 Å². The van der Waals surface area contributed by atoms with Crippen LogP contribution in [0, 0.1) is 0 Å². The Morgan fingerprint density at radius 2 is 1.73 bits per heavy atom. The van der Waals surface area contributed by atoms with Crippen molar-refractivity contribution in [2.45, 2.75) is 69.9 Å². The second-order valence-corrected chi connectivity index (χ2v) is 5.22.